The van der Waals surface area contributed by atoms with Gasteiger partial charge in [-0.25, -0.2) is 4.39 Å². The Hall–Kier alpha value is -1.45. The van der Waals surface area contributed by atoms with Gasteiger partial charge < -0.3 is 4.90 Å². The van der Waals surface area contributed by atoms with Crippen LogP contribution in [0, 0.1) is 19.7 Å². The molecule has 1 nitrogen and oxygen atoms in total. The van der Waals surface area contributed by atoms with Crippen molar-refractivity contribution < 1.29 is 4.39 Å². The molecule has 0 aliphatic carbocycles. The lowest BCUT2D eigenvalue weighted by atomic mass is 9.94. The van der Waals surface area contributed by atoms with Gasteiger partial charge in [0.1, 0.15) is 5.82 Å². The Morgan fingerprint density at radius 2 is 2.07 bits per heavy atom. The molecule has 1 aliphatic rings. The first-order valence-corrected chi connectivity index (χ1v) is 12.5. The van der Waals surface area contributed by atoms with Crippen LogP contribution in [0.4, 0.5) is 4.39 Å². The van der Waals surface area contributed by atoms with Crippen molar-refractivity contribution in [1.29, 1.82) is 0 Å². The summed E-state index contributed by atoms with van der Waals surface area (Å²) in [7, 11) is 0. The number of hydrogen-bond acceptors (Lipinski definition) is 2. The van der Waals surface area contributed by atoms with Crippen LogP contribution >= 0.6 is 23.4 Å². The second-order valence-electron chi connectivity index (χ2n) is 8.08. The van der Waals surface area contributed by atoms with Crippen molar-refractivity contribution in [2.24, 2.45) is 0 Å². The Labute approximate surface area is 191 Å². The zero-order chi connectivity index (χ0) is 22.3. The van der Waals surface area contributed by atoms with E-state index in [2.05, 4.69) is 44.6 Å². The summed E-state index contributed by atoms with van der Waals surface area (Å²) in [5.41, 5.74) is 5.68. The molecular weight excluding hydrogens is 413 g/mol. The van der Waals surface area contributed by atoms with Crippen LogP contribution in [0.1, 0.15) is 56.2 Å². The SMILES string of the molecule is C=C/C=C(Cl)\C=C/CCC(C)N1/C(=C(/CCCSC)c2cc(F)c(C)cc2C)C1C. The first-order chi connectivity index (χ1) is 14.3. The van der Waals surface area contributed by atoms with Crippen LogP contribution in [-0.4, -0.2) is 29.0 Å². The highest BCUT2D eigenvalue weighted by atomic mass is 35.5. The van der Waals surface area contributed by atoms with E-state index in [9.17, 15) is 4.39 Å². The number of thioether (sulfide) groups is 1. The standard InChI is InChI=1S/C26H35ClFNS/c1-7-11-22(27)13-9-8-12-20(4)29-21(5)26(29)23(14-10-15-30-6)24-17-25(28)19(3)16-18(24)2/h7,9,11,13,16-17,20-21H,1,8,10,12,14-15H2,2-6H3/b13-9-,22-11+,26-23-. The van der Waals surface area contributed by atoms with E-state index >= 15 is 0 Å². The molecule has 1 saturated heterocycles. The molecule has 164 valence electrons. The molecule has 2 unspecified atom stereocenters. The molecule has 0 amide bonds. The summed E-state index contributed by atoms with van der Waals surface area (Å²) in [5, 5.41) is 0.700. The first kappa shape index (κ1) is 24.8. The highest BCUT2D eigenvalue weighted by Gasteiger charge is 2.42. The molecule has 2 atom stereocenters. The predicted octanol–water partition coefficient (Wildman–Crippen LogP) is 8.03. The highest BCUT2D eigenvalue weighted by molar-refractivity contribution is 7.98. The van der Waals surface area contributed by atoms with Crippen molar-refractivity contribution in [3.05, 3.63) is 76.3 Å². The van der Waals surface area contributed by atoms with E-state index in [0.717, 1.165) is 42.6 Å². The minimum absolute atomic E-state index is 0.110. The highest BCUT2D eigenvalue weighted by Crippen LogP contribution is 2.44. The van der Waals surface area contributed by atoms with E-state index in [1.165, 1.54) is 16.8 Å². The Bertz CT molecular complexity index is 840. The zero-order valence-electron chi connectivity index (χ0n) is 19.0. The average molecular weight is 448 g/mol. The van der Waals surface area contributed by atoms with Gasteiger partial charge in [-0.15, -0.1) is 0 Å². The lowest BCUT2D eigenvalue weighted by Gasteiger charge is -2.16. The number of rotatable bonds is 11. The lowest BCUT2D eigenvalue weighted by Crippen LogP contribution is -2.15. The number of benzene rings is 1. The Kier molecular flexibility index (Phi) is 9.77. The summed E-state index contributed by atoms with van der Waals surface area (Å²) in [6.45, 7) is 12.1. The average Bonchev–Trinajstić information content (AvgIpc) is 3.36. The predicted molar refractivity (Wildman–Crippen MR) is 134 cm³/mol. The summed E-state index contributed by atoms with van der Waals surface area (Å²) >= 11 is 7.95. The van der Waals surface area contributed by atoms with Crippen molar-refractivity contribution >= 4 is 28.9 Å². The summed E-state index contributed by atoms with van der Waals surface area (Å²) in [6, 6.07) is 4.58. The van der Waals surface area contributed by atoms with Crippen LogP contribution in [0.5, 0.6) is 0 Å². The summed E-state index contributed by atoms with van der Waals surface area (Å²) < 4.78 is 14.4. The van der Waals surface area contributed by atoms with Crippen molar-refractivity contribution in [3.63, 3.8) is 0 Å². The molecule has 0 radical (unpaired) electrons. The summed E-state index contributed by atoms with van der Waals surface area (Å²) in [4.78, 5) is 2.50. The normalized spacial score (nSPS) is 19.4. The smallest absolute Gasteiger partial charge is 0.126 e. The van der Waals surface area contributed by atoms with Gasteiger partial charge in [-0.05, 0) is 106 Å². The van der Waals surface area contributed by atoms with Gasteiger partial charge in [0.15, 0.2) is 0 Å². The van der Waals surface area contributed by atoms with Crippen LogP contribution in [0.25, 0.3) is 5.57 Å². The molecular formula is C26H35ClFNS. The van der Waals surface area contributed by atoms with Gasteiger partial charge in [-0.1, -0.05) is 36.4 Å². The number of allylic oxidation sites excluding steroid dienone is 6. The molecule has 1 heterocycles. The molecule has 1 aromatic rings. The van der Waals surface area contributed by atoms with E-state index < -0.39 is 0 Å². The maximum absolute atomic E-state index is 14.4. The van der Waals surface area contributed by atoms with E-state index in [0.29, 0.717) is 17.1 Å². The molecule has 1 aliphatic heterocycles. The van der Waals surface area contributed by atoms with Crippen molar-refractivity contribution in [2.45, 2.75) is 65.5 Å². The van der Waals surface area contributed by atoms with Crippen LogP contribution in [0.3, 0.4) is 0 Å². The number of hydrogen-bond donors (Lipinski definition) is 0. The van der Waals surface area contributed by atoms with Crippen LogP contribution in [-0.2, 0) is 0 Å². The van der Waals surface area contributed by atoms with Crippen LogP contribution in [0.15, 0.2) is 53.7 Å². The van der Waals surface area contributed by atoms with Gasteiger partial charge >= 0.3 is 0 Å². The minimum atomic E-state index is -0.110. The molecule has 4 heteroatoms. The molecule has 0 spiro atoms. The Morgan fingerprint density at radius 1 is 1.33 bits per heavy atom. The topological polar surface area (TPSA) is 3.01 Å². The Morgan fingerprint density at radius 3 is 2.73 bits per heavy atom. The van der Waals surface area contributed by atoms with Crippen molar-refractivity contribution in [2.75, 3.05) is 12.0 Å². The second-order valence-corrected chi connectivity index (χ2v) is 9.50. The van der Waals surface area contributed by atoms with Gasteiger partial charge in [0, 0.05) is 16.8 Å². The van der Waals surface area contributed by atoms with Crippen molar-refractivity contribution in [3.8, 4) is 0 Å². The molecule has 0 bridgehead atoms. The van der Waals surface area contributed by atoms with Gasteiger partial charge in [0.25, 0.3) is 0 Å². The maximum atomic E-state index is 14.4. The molecule has 0 N–H and O–H groups in total. The first-order valence-electron chi connectivity index (χ1n) is 10.7. The van der Waals surface area contributed by atoms with Crippen LogP contribution in [0.2, 0.25) is 0 Å². The van der Waals surface area contributed by atoms with Gasteiger partial charge in [0.2, 0.25) is 0 Å². The third kappa shape index (κ3) is 6.52. The van der Waals surface area contributed by atoms with Crippen LogP contribution < -0.4 is 0 Å². The van der Waals surface area contributed by atoms with Gasteiger partial charge in [-0.3, -0.25) is 0 Å². The number of halogens is 2. The molecule has 0 aromatic heterocycles. The van der Waals surface area contributed by atoms with E-state index in [1.54, 1.807) is 18.2 Å². The summed E-state index contributed by atoms with van der Waals surface area (Å²) in [5.74, 6) is 1.01. The fourth-order valence-electron chi connectivity index (χ4n) is 4.13. The zero-order valence-corrected chi connectivity index (χ0v) is 20.5. The summed E-state index contributed by atoms with van der Waals surface area (Å²) in [6.07, 6.45) is 13.8. The molecule has 1 fully saturated rings. The largest absolute Gasteiger partial charge is 0.362 e. The van der Waals surface area contributed by atoms with Crippen molar-refractivity contribution in [1.82, 2.24) is 4.90 Å². The van der Waals surface area contributed by atoms with Gasteiger partial charge in [0.05, 0.1) is 6.04 Å². The monoisotopic (exact) mass is 447 g/mol. The quantitative estimate of drug-likeness (QED) is 0.192. The fourth-order valence-corrected chi connectivity index (χ4v) is 4.74. The number of aryl methyl sites for hydroxylation is 2. The second kappa shape index (κ2) is 11.8. The number of nitrogens with zero attached hydrogens (tertiary/aromatic N) is 1. The molecule has 1 aromatic carbocycles. The molecule has 2 rings (SSSR count). The maximum Gasteiger partial charge on any atom is 0.126 e. The molecule has 30 heavy (non-hydrogen) atoms. The molecule has 0 saturated carbocycles. The Balaban J connectivity index is 2.20. The minimum Gasteiger partial charge on any atom is -0.362 e. The van der Waals surface area contributed by atoms with E-state index in [1.807, 2.05) is 30.8 Å². The fraction of sp³-hybridized carbons (Fsp3) is 0.462. The van der Waals surface area contributed by atoms with Gasteiger partial charge in [-0.2, -0.15) is 11.8 Å². The van der Waals surface area contributed by atoms with E-state index in [-0.39, 0.29) is 5.82 Å². The third-order valence-electron chi connectivity index (χ3n) is 5.72. The third-order valence-corrected chi connectivity index (χ3v) is 6.67. The van der Waals surface area contributed by atoms with E-state index in [4.69, 9.17) is 11.6 Å². The lowest BCUT2D eigenvalue weighted by molar-refractivity contribution is 0.393.